The normalized spacial score (nSPS) is 18.2. The molecule has 2 heterocycles. The second-order valence-corrected chi connectivity index (χ2v) is 5.35. The molecular formula is C16H15ClN2O. The maximum Gasteiger partial charge on any atom is 0.254 e. The highest BCUT2D eigenvalue weighted by atomic mass is 35.5. The summed E-state index contributed by atoms with van der Waals surface area (Å²) in [6, 6.07) is 13.0. The van der Waals surface area contributed by atoms with E-state index in [4.69, 9.17) is 11.6 Å². The van der Waals surface area contributed by atoms with Crippen molar-refractivity contribution in [2.45, 2.75) is 18.9 Å². The number of benzene rings is 1. The van der Waals surface area contributed by atoms with Crippen molar-refractivity contribution in [2.75, 3.05) is 6.54 Å². The maximum absolute atomic E-state index is 12.6. The van der Waals surface area contributed by atoms with Gasteiger partial charge in [-0.1, -0.05) is 17.7 Å². The molecule has 0 bridgehead atoms. The standard InChI is InChI=1S/C16H15ClN2O/c17-13-8-6-12(7-9-13)16(20)19-11-3-5-15(19)14-4-1-2-10-18-14/h1-2,4,6-10,15H,3,5,11H2/t15-/m0/s1. The fraction of sp³-hybridized carbons (Fsp3) is 0.250. The SMILES string of the molecule is O=C(c1ccc(Cl)cc1)N1CCC[C@H]1c1ccccn1. The van der Waals surface area contributed by atoms with Gasteiger partial charge in [-0.25, -0.2) is 0 Å². The Balaban J connectivity index is 1.85. The molecule has 1 saturated heterocycles. The van der Waals surface area contributed by atoms with E-state index >= 15 is 0 Å². The fourth-order valence-electron chi connectivity index (χ4n) is 2.65. The van der Waals surface area contributed by atoms with Crippen molar-refractivity contribution in [2.24, 2.45) is 0 Å². The van der Waals surface area contributed by atoms with Crippen LogP contribution < -0.4 is 0 Å². The summed E-state index contributed by atoms with van der Waals surface area (Å²) in [4.78, 5) is 18.9. The topological polar surface area (TPSA) is 33.2 Å². The molecule has 0 aliphatic carbocycles. The molecule has 102 valence electrons. The van der Waals surface area contributed by atoms with Gasteiger partial charge in [0.2, 0.25) is 0 Å². The molecule has 1 aliphatic heterocycles. The van der Waals surface area contributed by atoms with E-state index in [-0.39, 0.29) is 11.9 Å². The Morgan fingerprint density at radius 1 is 1.20 bits per heavy atom. The van der Waals surface area contributed by atoms with Crippen molar-refractivity contribution in [3.8, 4) is 0 Å². The first-order valence-corrected chi connectivity index (χ1v) is 7.11. The van der Waals surface area contributed by atoms with Crippen LogP contribution in [0.15, 0.2) is 48.7 Å². The number of nitrogens with zero attached hydrogens (tertiary/aromatic N) is 2. The van der Waals surface area contributed by atoms with Crippen molar-refractivity contribution in [3.63, 3.8) is 0 Å². The second-order valence-electron chi connectivity index (χ2n) is 4.92. The first-order valence-electron chi connectivity index (χ1n) is 6.73. The van der Waals surface area contributed by atoms with E-state index in [9.17, 15) is 4.79 Å². The summed E-state index contributed by atoms with van der Waals surface area (Å²) < 4.78 is 0. The van der Waals surface area contributed by atoms with E-state index in [1.807, 2.05) is 23.1 Å². The van der Waals surface area contributed by atoms with Gasteiger partial charge in [0.15, 0.2) is 0 Å². The molecule has 3 rings (SSSR count). The van der Waals surface area contributed by atoms with Crippen molar-refractivity contribution >= 4 is 17.5 Å². The largest absolute Gasteiger partial charge is 0.330 e. The number of halogens is 1. The van der Waals surface area contributed by atoms with E-state index in [0.717, 1.165) is 25.1 Å². The third kappa shape index (κ3) is 2.54. The van der Waals surface area contributed by atoms with Crippen molar-refractivity contribution < 1.29 is 4.79 Å². The van der Waals surface area contributed by atoms with Gasteiger partial charge in [-0.15, -0.1) is 0 Å². The van der Waals surface area contributed by atoms with Gasteiger partial charge in [-0.2, -0.15) is 0 Å². The lowest BCUT2D eigenvalue weighted by Crippen LogP contribution is -2.30. The third-order valence-corrected chi connectivity index (χ3v) is 3.89. The first kappa shape index (κ1) is 13.1. The molecule has 1 aromatic carbocycles. The van der Waals surface area contributed by atoms with E-state index in [1.165, 1.54) is 0 Å². The van der Waals surface area contributed by atoms with Crippen LogP contribution in [0.2, 0.25) is 5.02 Å². The van der Waals surface area contributed by atoms with E-state index in [0.29, 0.717) is 10.6 Å². The Kier molecular flexibility index (Phi) is 3.70. The summed E-state index contributed by atoms with van der Waals surface area (Å²) >= 11 is 5.87. The number of aromatic nitrogens is 1. The van der Waals surface area contributed by atoms with Crippen LogP contribution in [0.1, 0.15) is 34.9 Å². The number of hydrogen-bond donors (Lipinski definition) is 0. The van der Waals surface area contributed by atoms with Gasteiger partial charge in [0.05, 0.1) is 11.7 Å². The van der Waals surface area contributed by atoms with Gasteiger partial charge in [-0.3, -0.25) is 9.78 Å². The summed E-state index contributed by atoms with van der Waals surface area (Å²) in [7, 11) is 0. The zero-order valence-corrected chi connectivity index (χ0v) is 11.8. The molecule has 0 unspecified atom stereocenters. The molecule has 0 saturated carbocycles. The molecule has 2 aromatic rings. The highest BCUT2D eigenvalue weighted by Crippen LogP contribution is 2.31. The molecule has 1 atom stereocenters. The van der Waals surface area contributed by atoms with Crippen LogP contribution in [0.3, 0.4) is 0 Å². The molecule has 1 aromatic heterocycles. The lowest BCUT2D eigenvalue weighted by Gasteiger charge is -2.24. The van der Waals surface area contributed by atoms with Gasteiger partial charge in [-0.05, 0) is 49.2 Å². The van der Waals surface area contributed by atoms with Crippen molar-refractivity contribution in [1.29, 1.82) is 0 Å². The van der Waals surface area contributed by atoms with Gasteiger partial charge in [0, 0.05) is 23.3 Å². The smallest absolute Gasteiger partial charge is 0.254 e. The van der Waals surface area contributed by atoms with E-state index < -0.39 is 0 Å². The molecule has 1 amide bonds. The van der Waals surface area contributed by atoms with Crippen molar-refractivity contribution in [3.05, 3.63) is 64.9 Å². The number of carbonyl (C=O) groups is 1. The number of pyridine rings is 1. The molecule has 20 heavy (non-hydrogen) atoms. The van der Waals surface area contributed by atoms with Crippen LogP contribution in [0, 0.1) is 0 Å². The molecular weight excluding hydrogens is 272 g/mol. The van der Waals surface area contributed by atoms with Gasteiger partial charge < -0.3 is 4.90 Å². The Labute approximate surface area is 123 Å². The number of amides is 1. The molecule has 1 aliphatic rings. The van der Waals surface area contributed by atoms with Gasteiger partial charge in [0.1, 0.15) is 0 Å². The number of carbonyl (C=O) groups excluding carboxylic acids is 1. The zero-order chi connectivity index (χ0) is 13.9. The molecule has 0 radical (unpaired) electrons. The predicted molar refractivity (Wildman–Crippen MR) is 78.7 cm³/mol. The molecule has 0 spiro atoms. The van der Waals surface area contributed by atoms with Crippen molar-refractivity contribution in [1.82, 2.24) is 9.88 Å². The Hall–Kier alpha value is -1.87. The minimum Gasteiger partial charge on any atom is -0.330 e. The lowest BCUT2D eigenvalue weighted by molar-refractivity contribution is 0.0733. The van der Waals surface area contributed by atoms with E-state index in [1.54, 1.807) is 30.5 Å². The summed E-state index contributed by atoms with van der Waals surface area (Å²) in [6.45, 7) is 0.780. The number of likely N-dealkylation sites (tertiary alicyclic amines) is 1. The summed E-state index contributed by atoms with van der Waals surface area (Å²) in [5.74, 6) is 0.0508. The average Bonchev–Trinajstić information content (AvgIpc) is 2.97. The number of hydrogen-bond acceptors (Lipinski definition) is 2. The lowest BCUT2D eigenvalue weighted by atomic mass is 10.1. The zero-order valence-electron chi connectivity index (χ0n) is 11.0. The molecule has 4 heteroatoms. The van der Waals surface area contributed by atoms with Crippen LogP contribution in [-0.2, 0) is 0 Å². The summed E-state index contributed by atoms with van der Waals surface area (Å²) in [6.07, 6.45) is 3.76. The first-order chi connectivity index (χ1) is 9.75. The summed E-state index contributed by atoms with van der Waals surface area (Å²) in [5.41, 5.74) is 1.64. The van der Waals surface area contributed by atoms with Crippen LogP contribution in [0.4, 0.5) is 0 Å². The fourth-order valence-corrected chi connectivity index (χ4v) is 2.77. The Morgan fingerprint density at radius 3 is 2.70 bits per heavy atom. The molecule has 0 N–H and O–H groups in total. The quantitative estimate of drug-likeness (QED) is 0.843. The number of rotatable bonds is 2. The highest BCUT2D eigenvalue weighted by molar-refractivity contribution is 6.30. The molecule has 3 nitrogen and oxygen atoms in total. The van der Waals surface area contributed by atoms with Gasteiger partial charge in [0.25, 0.3) is 5.91 Å². The summed E-state index contributed by atoms with van der Waals surface area (Å²) in [5, 5.41) is 0.643. The van der Waals surface area contributed by atoms with Crippen LogP contribution in [0.25, 0.3) is 0 Å². The van der Waals surface area contributed by atoms with Crippen LogP contribution >= 0.6 is 11.6 Å². The maximum atomic E-state index is 12.6. The van der Waals surface area contributed by atoms with Crippen LogP contribution in [0.5, 0.6) is 0 Å². The van der Waals surface area contributed by atoms with Gasteiger partial charge >= 0.3 is 0 Å². The minimum atomic E-state index is 0.0508. The molecule has 1 fully saturated rings. The van der Waals surface area contributed by atoms with Crippen LogP contribution in [-0.4, -0.2) is 22.3 Å². The Morgan fingerprint density at radius 2 is 2.00 bits per heavy atom. The third-order valence-electron chi connectivity index (χ3n) is 3.63. The predicted octanol–water partition coefficient (Wildman–Crippen LogP) is 3.71. The minimum absolute atomic E-state index is 0.0508. The highest BCUT2D eigenvalue weighted by Gasteiger charge is 2.31. The second kappa shape index (κ2) is 5.63. The van der Waals surface area contributed by atoms with E-state index in [2.05, 4.69) is 4.98 Å². The monoisotopic (exact) mass is 286 g/mol. The average molecular weight is 287 g/mol. The Bertz CT molecular complexity index is 598.